The second-order valence-corrected chi connectivity index (χ2v) is 10.2. The largest absolute Gasteiger partial charge is 0.355 e. The van der Waals surface area contributed by atoms with Crippen molar-refractivity contribution in [3.8, 4) is 0 Å². The Morgan fingerprint density at radius 3 is 1.42 bits per heavy atom. The van der Waals surface area contributed by atoms with Gasteiger partial charge in [-0.25, -0.2) is 0 Å². The molecule has 0 amide bonds. The summed E-state index contributed by atoms with van der Waals surface area (Å²) >= 11 is 0. The summed E-state index contributed by atoms with van der Waals surface area (Å²) in [6, 6.07) is 21.8. The fourth-order valence-electron chi connectivity index (χ4n) is 4.29. The van der Waals surface area contributed by atoms with Crippen molar-refractivity contribution >= 4 is 23.3 Å². The number of aliphatic imine (C=N–C) groups is 1. The summed E-state index contributed by atoms with van der Waals surface area (Å²) in [7, 11) is 0. The minimum absolute atomic E-state index is 0.443. The summed E-state index contributed by atoms with van der Waals surface area (Å²) in [4.78, 5) is 4.96. The number of nitrogens with zero attached hydrogens (tertiary/aromatic N) is 1. The van der Waals surface area contributed by atoms with Crippen molar-refractivity contribution in [2.45, 2.75) is 79.1 Å². The van der Waals surface area contributed by atoms with Crippen LogP contribution in [0.25, 0.3) is 0 Å². The topological polar surface area (TPSA) is 24.4 Å². The standard InChI is InChI=1S/C31H40N2/c1-20(2)26-11-9-12-27(21(3)4)30(26)32-19-24-15-17-25(18-16-24)33-31-28(22(5)6)13-10-14-29(31)23(7)8/h9-23,33H,1-8H3. The molecule has 33 heavy (non-hydrogen) atoms. The van der Waals surface area contributed by atoms with Crippen molar-refractivity contribution in [1.29, 1.82) is 0 Å². The number of hydrogen-bond acceptors (Lipinski definition) is 2. The minimum Gasteiger partial charge on any atom is -0.355 e. The monoisotopic (exact) mass is 440 g/mol. The number of rotatable bonds is 8. The molecule has 0 unspecified atom stereocenters. The maximum Gasteiger partial charge on any atom is 0.0699 e. The first-order valence-corrected chi connectivity index (χ1v) is 12.4. The molecule has 0 fully saturated rings. The highest BCUT2D eigenvalue weighted by Gasteiger charge is 2.14. The second-order valence-electron chi connectivity index (χ2n) is 10.2. The third kappa shape index (κ3) is 5.93. The molecule has 0 heterocycles. The number of nitrogens with one attached hydrogen (secondary N) is 1. The van der Waals surface area contributed by atoms with Crippen LogP contribution in [0.3, 0.4) is 0 Å². The van der Waals surface area contributed by atoms with E-state index in [1.807, 2.05) is 6.21 Å². The van der Waals surface area contributed by atoms with Gasteiger partial charge in [0.2, 0.25) is 0 Å². The van der Waals surface area contributed by atoms with Crippen LogP contribution in [0.4, 0.5) is 17.1 Å². The van der Waals surface area contributed by atoms with Crippen molar-refractivity contribution in [3.63, 3.8) is 0 Å². The van der Waals surface area contributed by atoms with Crippen LogP contribution in [0.5, 0.6) is 0 Å². The molecule has 0 saturated carbocycles. The van der Waals surface area contributed by atoms with E-state index < -0.39 is 0 Å². The number of para-hydroxylation sites is 2. The van der Waals surface area contributed by atoms with Crippen molar-refractivity contribution in [2.75, 3.05) is 5.32 Å². The zero-order valence-electron chi connectivity index (χ0n) is 21.6. The molecular weight excluding hydrogens is 400 g/mol. The third-order valence-corrected chi connectivity index (χ3v) is 6.24. The molecule has 2 nitrogen and oxygen atoms in total. The van der Waals surface area contributed by atoms with Crippen LogP contribution in [0.15, 0.2) is 65.7 Å². The molecule has 3 aromatic rings. The van der Waals surface area contributed by atoms with Crippen molar-refractivity contribution in [3.05, 3.63) is 88.5 Å². The number of benzene rings is 3. The molecule has 0 aliphatic carbocycles. The lowest BCUT2D eigenvalue weighted by Crippen LogP contribution is -2.03. The molecule has 0 bridgehead atoms. The average Bonchev–Trinajstić information content (AvgIpc) is 2.78. The van der Waals surface area contributed by atoms with Crippen LogP contribution in [0.2, 0.25) is 0 Å². The first-order valence-electron chi connectivity index (χ1n) is 12.4. The maximum atomic E-state index is 4.96. The van der Waals surface area contributed by atoms with Crippen LogP contribution < -0.4 is 5.32 Å². The van der Waals surface area contributed by atoms with Crippen LogP contribution in [0.1, 0.15) is 107 Å². The maximum absolute atomic E-state index is 4.96. The van der Waals surface area contributed by atoms with Crippen molar-refractivity contribution < 1.29 is 0 Å². The van der Waals surface area contributed by atoms with Crippen molar-refractivity contribution in [1.82, 2.24) is 0 Å². The smallest absolute Gasteiger partial charge is 0.0699 e. The van der Waals surface area contributed by atoms with E-state index in [4.69, 9.17) is 4.99 Å². The highest BCUT2D eigenvalue weighted by atomic mass is 14.9. The van der Waals surface area contributed by atoms with E-state index >= 15 is 0 Å². The van der Waals surface area contributed by atoms with Gasteiger partial charge in [0.05, 0.1) is 5.69 Å². The van der Waals surface area contributed by atoms with Gasteiger partial charge in [-0.2, -0.15) is 0 Å². The van der Waals surface area contributed by atoms with Gasteiger partial charge in [0.15, 0.2) is 0 Å². The van der Waals surface area contributed by atoms with Gasteiger partial charge in [0.1, 0.15) is 0 Å². The van der Waals surface area contributed by atoms with E-state index in [9.17, 15) is 0 Å². The van der Waals surface area contributed by atoms with Gasteiger partial charge >= 0.3 is 0 Å². The van der Waals surface area contributed by atoms with Gasteiger partial charge in [0.25, 0.3) is 0 Å². The summed E-state index contributed by atoms with van der Waals surface area (Å²) in [6.45, 7) is 18.0. The SMILES string of the molecule is CC(C)c1cccc(C(C)C)c1N=Cc1ccc(Nc2c(C(C)C)cccc2C(C)C)cc1. The second kappa shape index (κ2) is 10.8. The first kappa shape index (κ1) is 24.8. The van der Waals surface area contributed by atoms with Crippen LogP contribution in [0, 0.1) is 0 Å². The van der Waals surface area contributed by atoms with Gasteiger partial charge in [-0.05, 0) is 63.6 Å². The molecule has 3 rings (SSSR count). The minimum atomic E-state index is 0.443. The molecule has 3 aromatic carbocycles. The van der Waals surface area contributed by atoms with Gasteiger partial charge in [0, 0.05) is 17.6 Å². The lowest BCUT2D eigenvalue weighted by Gasteiger charge is -2.21. The first-order chi connectivity index (χ1) is 15.7. The summed E-state index contributed by atoms with van der Waals surface area (Å²) in [5.41, 5.74) is 9.91. The molecule has 1 N–H and O–H groups in total. The Morgan fingerprint density at radius 1 is 0.576 bits per heavy atom. The molecule has 174 valence electrons. The fourth-order valence-corrected chi connectivity index (χ4v) is 4.29. The third-order valence-electron chi connectivity index (χ3n) is 6.24. The molecule has 0 aliphatic rings. The molecule has 0 atom stereocenters. The quantitative estimate of drug-likeness (QED) is 0.346. The molecule has 0 spiro atoms. The predicted molar refractivity (Wildman–Crippen MR) is 146 cm³/mol. The highest BCUT2D eigenvalue weighted by molar-refractivity contribution is 5.84. The van der Waals surface area contributed by atoms with Gasteiger partial charge in [-0.1, -0.05) is 104 Å². The van der Waals surface area contributed by atoms with Gasteiger partial charge in [-0.15, -0.1) is 0 Å². The Bertz CT molecular complexity index is 1030. The summed E-state index contributed by atoms with van der Waals surface area (Å²) in [5.74, 6) is 1.82. The zero-order valence-corrected chi connectivity index (χ0v) is 21.6. The Labute approximate surface area is 201 Å². The van der Waals surface area contributed by atoms with Gasteiger partial charge < -0.3 is 5.32 Å². The van der Waals surface area contributed by atoms with Crippen molar-refractivity contribution in [2.24, 2.45) is 4.99 Å². The summed E-state index contributed by atoms with van der Waals surface area (Å²) in [6.07, 6.45) is 2.00. The molecule has 0 radical (unpaired) electrons. The predicted octanol–water partition coefficient (Wildman–Crippen LogP) is 9.67. The Hall–Kier alpha value is -2.87. The normalized spacial score (nSPS) is 12.0. The Morgan fingerprint density at radius 2 is 1.00 bits per heavy atom. The van der Waals surface area contributed by atoms with Crippen LogP contribution in [-0.4, -0.2) is 6.21 Å². The van der Waals surface area contributed by atoms with Crippen LogP contribution in [-0.2, 0) is 0 Å². The number of anilines is 2. The van der Waals surface area contributed by atoms with Gasteiger partial charge in [-0.3, -0.25) is 4.99 Å². The van der Waals surface area contributed by atoms with E-state index in [1.165, 1.54) is 27.9 Å². The lowest BCUT2D eigenvalue weighted by molar-refractivity contribution is 0.835. The number of hydrogen-bond donors (Lipinski definition) is 1. The highest BCUT2D eigenvalue weighted by Crippen LogP contribution is 2.36. The molecule has 2 heteroatoms. The molecule has 0 aliphatic heterocycles. The molecule has 0 saturated heterocycles. The van der Waals surface area contributed by atoms with E-state index in [-0.39, 0.29) is 0 Å². The molecular formula is C31H40N2. The van der Waals surface area contributed by atoms with E-state index in [2.05, 4.69) is 121 Å². The average molecular weight is 441 g/mol. The zero-order chi connectivity index (χ0) is 24.1. The molecule has 0 aromatic heterocycles. The summed E-state index contributed by atoms with van der Waals surface area (Å²) in [5, 5.41) is 3.71. The summed E-state index contributed by atoms with van der Waals surface area (Å²) < 4.78 is 0. The Kier molecular flexibility index (Phi) is 8.13. The lowest BCUT2D eigenvalue weighted by atomic mass is 9.92. The van der Waals surface area contributed by atoms with E-state index in [0.717, 1.165) is 16.9 Å². The fraction of sp³-hybridized carbons (Fsp3) is 0.387. The van der Waals surface area contributed by atoms with Crippen LogP contribution >= 0.6 is 0 Å². The van der Waals surface area contributed by atoms with E-state index in [0.29, 0.717) is 23.7 Å². The van der Waals surface area contributed by atoms with E-state index in [1.54, 1.807) is 0 Å². The Balaban J connectivity index is 1.89.